The smallest absolute Gasteiger partial charge is 0.323 e. The number of carbonyl (C=O) groups excluding carboxylic acids is 2. The molecule has 148 valence electrons. The van der Waals surface area contributed by atoms with Crippen molar-refractivity contribution in [2.24, 2.45) is 0 Å². The number of benzene rings is 2. The van der Waals surface area contributed by atoms with E-state index in [4.69, 9.17) is 0 Å². The lowest BCUT2D eigenvalue weighted by molar-refractivity contribution is -0.131. The molecule has 1 fully saturated rings. The summed E-state index contributed by atoms with van der Waals surface area (Å²) >= 11 is 1.52. The van der Waals surface area contributed by atoms with Gasteiger partial charge in [-0.2, -0.15) is 0 Å². The molecule has 3 aromatic rings. The Morgan fingerprint density at radius 2 is 1.79 bits per heavy atom. The monoisotopic (exact) mass is 405 g/mol. The van der Waals surface area contributed by atoms with Gasteiger partial charge in [0, 0.05) is 10.9 Å². The number of aromatic nitrogens is 1. The molecule has 0 aliphatic carbocycles. The summed E-state index contributed by atoms with van der Waals surface area (Å²) in [7, 11) is 0. The van der Waals surface area contributed by atoms with Gasteiger partial charge >= 0.3 is 6.03 Å². The zero-order chi connectivity index (χ0) is 20.4. The highest BCUT2D eigenvalue weighted by Gasteiger charge is 2.47. The third kappa shape index (κ3) is 4.07. The van der Waals surface area contributed by atoms with Crippen LogP contribution in [0.5, 0.6) is 0 Å². The first kappa shape index (κ1) is 19.3. The molecule has 6 heteroatoms. The molecule has 5 nitrogen and oxygen atoms in total. The highest BCUT2D eigenvalue weighted by Crippen LogP contribution is 2.28. The summed E-state index contributed by atoms with van der Waals surface area (Å²) in [6.07, 6.45) is 1.29. The quantitative estimate of drug-likeness (QED) is 0.612. The van der Waals surface area contributed by atoms with E-state index in [-0.39, 0.29) is 18.5 Å². The molecule has 4 rings (SSSR count). The van der Waals surface area contributed by atoms with Crippen molar-refractivity contribution in [1.29, 1.82) is 0 Å². The van der Waals surface area contributed by atoms with Crippen LogP contribution in [0, 0.1) is 6.92 Å². The molecule has 29 heavy (non-hydrogen) atoms. The summed E-state index contributed by atoms with van der Waals surface area (Å²) in [4.78, 5) is 31.4. The van der Waals surface area contributed by atoms with Gasteiger partial charge in [-0.3, -0.25) is 9.69 Å². The molecule has 2 aromatic carbocycles. The van der Waals surface area contributed by atoms with Gasteiger partial charge in [0.25, 0.3) is 5.91 Å². The maximum absolute atomic E-state index is 13.0. The van der Waals surface area contributed by atoms with Gasteiger partial charge in [-0.25, -0.2) is 9.78 Å². The third-order valence-electron chi connectivity index (χ3n) is 5.27. The molecule has 0 saturated carbocycles. The fourth-order valence-electron chi connectivity index (χ4n) is 3.47. The number of nitrogens with zero attached hydrogens (tertiary/aromatic N) is 2. The number of thiazole rings is 1. The number of aryl methyl sites for hydroxylation is 2. The van der Waals surface area contributed by atoms with Gasteiger partial charge in [-0.05, 0) is 32.3 Å². The zero-order valence-corrected chi connectivity index (χ0v) is 17.3. The number of urea groups is 1. The number of carbonyl (C=O) groups is 2. The Balaban J connectivity index is 1.44. The molecule has 1 saturated heterocycles. The van der Waals surface area contributed by atoms with Crippen LogP contribution in [0.15, 0.2) is 60.0 Å². The normalized spacial score (nSPS) is 18.9. The van der Waals surface area contributed by atoms with Crippen LogP contribution >= 0.6 is 11.3 Å². The second-order valence-electron chi connectivity index (χ2n) is 7.65. The predicted octanol–water partition coefficient (Wildman–Crippen LogP) is 4.56. The number of hydrogen-bond acceptors (Lipinski definition) is 4. The van der Waals surface area contributed by atoms with Gasteiger partial charge in [0.15, 0.2) is 0 Å². The third-order valence-corrected chi connectivity index (χ3v) is 6.21. The summed E-state index contributed by atoms with van der Waals surface area (Å²) in [6.45, 7) is 4.03. The maximum atomic E-state index is 13.0. The summed E-state index contributed by atoms with van der Waals surface area (Å²) in [6, 6.07) is 17.8. The Labute approximate surface area is 174 Å². The van der Waals surface area contributed by atoms with Crippen LogP contribution in [0.25, 0.3) is 10.6 Å². The van der Waals surface area contributed by atoms with E-state index < -0.39 is 5.54 Å². The maximum Gasteiger partial charge on any atom is 0.325 e. The molecule has 0 spiro atoms. The van der Waals surface area contributed by atoms with Crippen LogP contribution < -0.4 is 5.32 Å². The number of hydrogen-bond donors (Lipinski definition) is 1. The Hall–Kier alpha value is -2.99. The largest absolute Gasteiger partial charge is 0.325 e. The average molecular weight is 406 g/mol. The average Bonchev–Trinajstić information content (AvgIpc) is 3.27. The van der Waals surface area contributed by atoms with Crippen LogP contribution in [0.2, 0.25) is 0 Å². The lowest BCUT2D eigenvalue weighted by Crippen LogP contribution is -2.44. The Bertz CT molecular complexity index is 1030. The van der Waals surface area contributed by atoms with Gasteiger partial charge < -0.3 is 5.32 Å². The Kier molecular flexibility index (Phi) is 5.20. The van der Waals surface area contributed by atoms with Gasteiger partial charge in [-0.1, -0.05) is 60.2 Å². The Morgan fingerprint density at radius 1 is 1.07 bits per heavy atom. The highest BCUT2D eigenvalue weighted by molar-refractivity contribution is 7.13. The molecule has 0 radical (unpaired) electrons. The summed E-state index contributed by atoms with van der Waals surface area (Å²) in [5, 5.41) is 5.68. The molecule has 1 N–H and O–H groups in total. The van der Waals surface area contributed by atoms with Crippen LogP contribution in [-0.2, 0) is 17.8 Å². The van der Waals surface area contributed by atoms with Crippen molar-refractivity contribution in [2.45, 2.75) is 38.8 Å². The van der Waals surface area contributed by atoms with Gasteiger partial charge in [0.2, 0.25) is 0 Å². The summed E-state index contributed by atoms with van der Waals surface area (Å²) < 4.78 is 0. The topological polar surface area (TPSA) is 62.3 Å². The highest BCUT2D eigenvalue weighted by atomic mass is 32.1. The first-order valence-electron chi connectivity index (χ1n) is 9.64. The lowest BCUT2D eigenvalue weighted by Gasteiger charge is -2.21. The Morgan fingerprint density at radius 3 is 2.52 bits per heavy atom. The van der Waals surface area contributed by atoms with Crippen molar-refractivity contribution in [2.75, 3.05) is 0 Å². The first-order valence-corrected chi connectivity index (χ1v) is 10.5. The van der Waals surface area contributed by atoms with E-state index in [0.29, 0.717) is 6.42 Å². The minimum Gasteiger partial charge on any atom is -0.323 e. The standard InChI is InChI=1S/C23H23N3O2S/c1-16-8-10-18(11-9-16)20-24-19(15-29-20)14-26-21(27)23(2,25-22(26)28)13-12-17-6-4-3-5-7-17/h3-11,15H,12-14H2,1-2H3,(H,25,28)/t23-/m0/s1. The number of amides is 3. The summed E-state index contributed by atoms with van der Waals surface area (Å²) in [5.41, 5.74) is 3.22. The zero-order valence-electron chi connectivity index (χ0n) is 16.5. The van der Waals surface area contributed by atoms with Gasteiger partial charge in [-0.15, -0.1) is 11.3 Å². The van der Waals surface area contributed by atoms with Gasteiger partial charge in [0.05, 0.1) is 12.2 Å². The molecule has 1 aromatic heterocycles. The van der Waals surface area contributed by atoms with Crippen LogP contribution in [0.4, 0.5) is 4.79 Å². The number of rotatable bonds is 6. The fraction of sp³-hybridized carbons (Fsp3) is 0.261. The van der Waals surface area contributed by atoms with E-state index in [0.717, 1.165) is 28.2 Å². The van der Waals surface area contributed by atoms with E-state index in [1.54, 1.807) is 6.92 Å². The second-order valence-corrected chi connectivity index (χ2v) is 8.51. The van der Waals surface area contributed by atoms with Crippen molar-refractivity contribution in [1.82, 2.24) is 15.2 Å². The second kappa shape index (κ2) is 7.79. The fourth-order valence-corrected chi connectivity index (χ4v) is 4.29. The lowest BCUT2D eigenvalue weighted by atomic mass is 9.93. The SMILES string of the molecule is Cc1ccc(-c2nc(CN3C(=O)N[C@@](C)(CCc4ccccc4)C3=O)cs2)cc1. The molecule has 1 aliphatic rings. The predicted molar refractivity (Wildman–Crippen MR) is 115 cm³/mol. The molecule has 1 aliphatic heterocycles. The van der Waals surface area contributed by atoms with Crippen LogP contribution in [0.1, 0.15) is 30.2 Å². The van der Waals surface area contributed by atoms with E-state index in [2.05, 4.69) is 10.3 Å². The van der Waals surface area contributed by atoms with Crippen molar-refractivity contribution < 1.29 is 9.59 Å². The molecule has 0 bridgehead atoms. The van der Waals surface area contributed by atoms with Gasteiger partial charge in [0.1, 0.15) is 10.5 Å². The minimum absolute atomic E-state index is 0.188. The van der Waals surface area contributed by atoms with Crippen LogP contribution in [-0.4, -0.2) is 27.4 Å². The number of imide groups is 1. The molecular formula is C23H23N3O2S. The van der Waals surface area contributed by atoms with Crippen molar-refractivity contribution >= 4 is 23.3 Å². The first-order chi connectivity index (χ1) is 13.9. The van der Waals surface area contributed by atoms with Crippen molar-refractivity contribution in [3.63, 3.8) is 0 Å². The molecule has 2 heterocycles. The van der Waals surface area contributed by atoms with Crippen molar-refractivity contribution in [3.8, 4) is 10.6 Å². The summed E-state index contributed by atoms with van der Waals surface area (Å²) in [5.74, 6) is -0.191. The molecule has 3 amide bonds. The van der Waals surface area contributed by atoms with E-state index in [1.807, 2.05) is 66.9 Å². The van der Waals surface area contributed by atoms with E-state index >= 15 is 0 Å². The minimum atomic E-state index is -0.886. The van der Waals surface area contributed by atoms with Crippen LogP contribution in [0.3, 0.4) is 0 Å². The molecular weight excluding hydrogens is 382 g/mol. The van der Waals surface area contributed by atoms with E-state index in [1.165, 1.54) is 21.8 Å². The molecule has 1 atom stereocenters. The number of nitrogens with one attached hydrogen (secondary N) is 1. The van der Waals surface area contributed by atoms with Crippen molar-refractivity contribution in [3.05, 3.63) is 76.8 Å². The van der Waals surface area contributed by atoms with E-state index in [9.17, 15) is 9.59 Å². The molecule has 0 unspecified atom stereocenters.